The molecule has 2 rings (SSSR count). The predicted molar refractivity (Wildman–Crippen MR) is 71.6 cm³/mol. The van der Waals surface area contributed by atoms with Gasteiger partial charge in [0, 0.05) is 13.2 Å². The van der Waals surface area contributed by atoms with Crippen molar-refractivity contribution in [3.05, 3.63) is 36.8 Å². The lowest BCUT2D eigenvalue weighted by Crippen LogP contribution is -2.14. The Balaban J connectivity index is 2.28. The molecule has 0 spiro atoms. The van der Waals surface area contributed by atoms with Gasteiger partial charge >= 0.3 is 0 Å². The Morgan fingerprint density at radius 1 is 1.45 bits per heavy atom. The Labute approximate surface area is 116 Å². The normalized spacial score (nSPS) is 10.8. The lowest BCUT2D eigenvalue weighted by molar-refractivity contribution is 0.370. The van der Waals surface area contributed by atoms with Crippen molar-refractivity contribution >= 4 is 15.7 Å². The van der Waals surface area contributed by atoms with Gasteiger partial charge in [-0.15, -0.1) is 0 Å². The fourth-order valence-electron chi connectivity index (χ4n) is 1.51. The maximum atomic E-state index is 12.1. The van der Waals surface area contributed by atoms with E-state index in [1.54, 1.807) is 31.3 Å². The molecule has 0 unspecified atom stereocenters. The molecule has 0 fully saturated rings. The smallest absolute Gasteiger partial charge is 0.281 e. The molecule has 8 heteroatoms. The summed E-state index contributed by atoms with van der Waals surface area (Å²) in [5, 5.41) is 8.42. The molecule has 104 valence electrons. The third-order valence-electron chi connectivity index (χ3n) is 2.38. The molecule has 1 aromatic heterocycles. The van der Waals surface area contributed by atoms with Gasteiger partial charge in [-0.2, -0.15) is 13.7 Å². The standard InChI is InChI=1S/C12H12N4O3S/c1-16-8-12(14-9-16)20(17,18)15-10-4-2-3-5-11(10)19-7-6-13/h2-5,8-9,15H,7H2,1H3. The Morgan fingerprint density at radius 2 is 2.20 bits per heavy atom. The van der Waals surface area contributed by atoms with Gasteiger partial charge < -0.3 is 9.30 Å². The minimum atomic E-state index is -3.78. The number of benzene rings is 1. The number of anilines is 1. The minimum Gasteiger partial charge on any atom is -0.477 e. The number of hydrogen-bond donors (Lipinski definition) is 1. The lowest BCUT2D eigenvalue weighted by atomic mass is 10.3. The van der Waals surface area contributed by atoms with E-state index in [0.29, 0.717) is 0 Å². The Bertz CT molecular complexity index is 746. The first-order valence-corrected chi connectivity index (χ1v) is 7.11. The van der Waals surface area contributed by atoms with Gasteiger partial charge in [0.15, 0.2) is 11.6 Å². The zero-order valence-electron chi connectivity index (χ0n) is 10.6. The molecule has 0 aliphatic heterocycles. The minimum absolute atomic E-state index is 0.0879. The van der Waals surface area contributed by atoms with E-state index in [0.717, 1.165) is 0 Å². The molecule has 20 heavy (non-hydrogen) atoms. The quantitative estimate of drug-likeness (QED) is 0.890. The van der Waals surface area contributed by atoms with Gasteiger partial charge in [0.05, 0.1) is 12.0 Å². The third-order valence-corrected chi connectivity index (χ3v) is 3.63. The van der Waals surface area contributed by atoms with E-state index >= 15 is 0 Å². The number of para-hydroxylation sites is 2. The van der Waals surface area contributed by atoms with Crippen LogP contribution in [-0.4, -0.2) is 24.6 Å². The van der Waals surface area contributed by atoms with Crippen molar-refractivity contribution in [2.45, 2.75) is 5.03 Å². The summed E-state index contributed by atoms with van der Waals surface area (Å²) in [7, 11) is -2.11. The summed E-state index contributed by atoms with van der Waals surface area (Å²) in [4.78, 5) is 3.79. The van der Waals surface area contributed by atoms with Crippen LogP contribution in [0.3, 0.4) is 0 Å². The summed E-state index contributed by atoms with van der Waals surface area (Å²) >= 11 is 0. The number of ether oxygens (including phenoxy) is 1. The third kappa shape index (κ3) is 3.07. The first-order chi connectivity index (χ1) is 9.53. The summed E-state index contributed by atoms with van der Waals surface area (Å²) in [5.41, 5.74) is 0.258. The van der Waals surface area contributed by atoms with Crippen molar-refractivity contribution in [1.29, 1.82) is 5.26 Å². The largest absolute Gasteiger partial charge is 0.477 e. The highest BCUT2D eigenvalue weighted by Crippen LogP contribution is 2.26. The van der Waals surface area contributed by atoms with Crippen LogP contribution in [0, 0.1) is 11.3 Å². The van der Waals surface area contributed by atoms with E-state index in [2.05, 4.69) is 9.71 Å². The Morgan fingerprint density at radius 3 is 2.85 bits per heavy atom. The van der Waals surface area contributed by atoms with Crippen molar-refractivity contribution in [1.82, 2.24) is 9.55 Å². The number of aryl methyl sites for hydroxylation is 1. The monoisotopic (exact) mass is 292 g/mol. The van der Waals surface area contributed by atoms with Gasteiger partial charge in [-0.05, 0) is 12.1 Å². The molecule has 0 saturated heterocycles. The molecular formula is C12H12N4O3S. The van der Waals surface area contributed by atoms with Gasteiger partial charge in [-0.1, -0.05) is 12.1 Å². The summed E-state index contributed by atoms with van der Waals surface area (Å²) < 4.78 is 33.3. The zero-order valence-corrected chi connectivity index (χ0v) is 11.5. The van der Waals surface area contributed by atoms with Crippen molar-refractivity contribution < 1.29 is 13.2 Å². The second-order valence-electron chi connectivity index (χ2n) is 3.93. The highest BCUT2D eigenvalue weighted by atomic mass is 32.2. The van der Waals surface area contributed by atoms with Crippen LogP contribution in [0.15, 0.2) is 41.8 Å². The average Bonchev–Trinajstić information content (AvgIpc) is 2.85. The molecule has 0 aliphatic rings. The molecule has 1 heterocycles. The first-order valence-electron chi connectivity index (χ1n) is 5.62. The molecule has 7 nitrogen and oxygen atoms in total. The molecule has 0 atom stereocenters. The second-order valence-corrected chi connectivity index (χ2v) is 5.56. The van der Waals surface area contributed by atoms with Crippen LogP contribution in [0.2, 0.25) is 0 Å². The first kappa shape index (κ1) is 13.9. The van der Waals surface area contributed by atoms with Gasteiger partial charge in [0.1, 0.15) is 11.8 Å². The maximum Gasteiger partial charge on any atom is 0.281 e. The van der Waals surface area contributed by atoms with E-state index in [-0.39, 0.29) is 23.1 Å². The van der Waals surface area contributed by atoms with Crippen LogP contribution >= 0.6 is 0 Å². The number of hydrogen-bond acceptors (Lipinski definition) is 5. The number of nitrogens with zero attached hydrogens (tertiary/aromatic N) is 3. The van der Waals surface area contributed by atoms with Crippen molar-refractivity contribution in [3.63, 3.8) is 0 Å². The van der Waals surface area contributed by atoms with Crippen LogP contribution in [-0.2, 0) is 17.1 Å². The Hall–Kier alpha value is -2.53. The van der Waals surface area contributed by atoms with E-state index in [4.69, 9.17) is 10.00 Å². The molecule has 0 bridgehead atoms. The van der Waals surface area contributed by atoms with Crippen LogP contribution in [0.5, 0.6) is 5.75 Å². The molecule has 0 amide bonds. The molecular weight excluding hydrogens is 280 g/mol. The van der Waals surface area contributed by atoms with E-state index in [9.17, 15) is 8.42 Å². The van der Waals surface area contributed by atoms with E-state index in [1.807, 2.05) is 6.07 Å². The zero-order chi connectivity index (χ0) is 14.6. The molecule has 1 N–H and O–H groups in total. The second kappa shape index (κ2) is 5.63. The number of nitriles is 1. The van der Waals surface area contributed by atoms with Crippen molar-refractivity contribution in [3.8, 4) is 11.8 Å². The molecule has 2 aromatic rings. The van der Waals surface area contributed by atoms with Crippen molar-refractivity contribution in [2.75, 3.05) is 11.3 Å². The van der Waals surface area contributed by atoms with Gasteiger partial charge in [-0.25, -0.2) is 4.98 Å². The van der Waals surface area contributed by atoms with Crippen molar-refractivity contribution in [2.24, 2.45) is 7.05 Å². The molecule has 0 radical (unpaired) electrons. The molecule has 1 aromatic carbocycles. The number of aromatic nitrogens is 2. The van der Waals surface area contributed by atoms with Crippen LogP contribution in [0.25, 0.3) is 0 Å². The number of sulfonamides is 1. The fraction of sp³-hybridized carbons (Fsp3) is 0.167. The summed E-state index contributed by atoms with van der Waals surface area (Å²) in [6, 6.07) is 8.30. The number of rotatable bonds is 5. The summed E-state index contributed by atoms with van der Waals surface area (Å²) in [5.74, 6) is 0.286. The van der Waals surface area contributed by atoms with Gasteiger partial charge in [0.2, 0.25) is 0 Å². The van der Waals surface area contributed by atoms with Gasteiger partial charge in [0.25, 0.3) is 10.0 Å². The number of nitrogens with one attached hydrogen (secondary N) is 1. The molecule has 0 saturated carbocycles. The summed E-state index contributed by atoms with van der Waals surface area (Å²) in [6.45, 7) is -0.164. The van der Waals surface area contributed by atoms with Gasteiger partial charge in [-0.3, -0.25) is 4.72 Å². The fourth-order valence-corrected chi connectivity index (χ4v) is 2.57. The predicted octanol–water partition coefficient (Wildman–Crippen LogP) is 1.12. The van der Waals surface area contributed by atoms with Crippen LogP contribution < -0.4 is 9.46 Å². The maximum absolute atomic E-state index is 12.1. The van der Waals surface area contributed by atoms with E-state index < -0.39 is 10.0 Å². The van der Waals surface area contributed by atoms with E-state index in [1.165, 1.54) is 17.1 Å². The molecule has 0 aliphatic carbocycles. The Kier molecular flexibility index (Phi) is 3.91. The SMILES string of the molecule is Cn1cnc(S(=O)(=O)Nc2ccccc2OCC#N)c1. The summed E-state index contributed by atoms with van der Waals surface area (Å²) in [6.07, 6.45) is 2.79. The van der Waals surface area contributed by atoms with Crippen LogP contribution in [0.1, 0.15) is 0 Å². The van der Waals surface area contributed by atoms with Crippen LogP contribution in [0.4, 0.5) is 5.69 Å². The number of imidazole rings is 1. The lowest BCUT2D eigenvalue weighted by Gasteiger charge is -2.10. The highest BCUT2D eigenvalue weighted by Gasteiger charge is 2.18. The topological polar surface area (TPSA) is 97.0 Å². The average molecular weight is 292 g/mol. The highest BCUT2D eigenvalue weighted by molar-refractivity contribution is 7.92.